The first-order valence-corrected chi connectivity index (χ1v) is 7.64. The molecule has 21 heavy (non-hydrogen) atoms. The van der Waals surface area contributed by atoms with Crippen molar-refractivity contribution >= 4 is 11.6 Å². The molecule has 0 heterocycles. The van der Waals surface area contributed by atoms with Crippen LogP contribution in [0.3, 0.4) is 0 Å². The van der Waals surface area contributed by atoms with E-state index in [9.17, 15) is 0 Å². The van der Waals surface area contributed by atoms with Gasteiger partial charge in [0.25, 0.3) is 0 Å². The van der Waals surface area contributed by atoms with Crippen LogP contribution in [0.2, 0.25) is 0 Å². The molecule has 0 saturated heterocycles. The monoisotopic (exact) mass is 285 g/mol. The van der Waals surface area contributed by atoms with Gasteiger partial charge >= 0.3 is 0 Å². The van der Waals surface area contributed by atoms with Gasteiger partial charge in [-0.05, 0) is 61.3 Å². The van der Waals surface area contributed by atoms with Crippen LogP contribution in [0.4, 0.5) is 5.69 Å². The molecular formula is C17H23N3O. The number of hydrogen-bond donors (Lipinski definition) is 2. The van der Waals surface area contributed by atoms with Gasteiger partial charge in [0.05, 0.1) is 7.11 Å². The van der Waals surface area contributed by atoms with Crippen molar-refractivity contribution in [3.8, 4) is 5.75 Å². The largest absolute Gasteiger partial charge is 0.497 e. The molecule has 4 nitrogen and oxygen atoms in total. The first-order chi connectivity index (χ1) is 10.2. The van der Waals surface area contributed by atoms with Crippen molar-refractivity contribution in [3.63, 3.8) is 0 Å². The Morgan fingerprint density at radius 2 is 2.10 bits per heavy atom. The van der Waals surface area contributed by atoms with Gasteiger partial charge in [0, 0.05) is 12.2 Å². The quantitative estimate of drug-likeness (QED) is 0.496. The lowest BCUT2D eigenvalue weighted by molar-refractivity contribution is 0.415. The van der Waals surface area contributed by atoms with Crippen LogP contribution in [0, 0.1) is 17.8 Å². The molecule has 0 amide bonds. The van der Waals surface area contributed by atoms with Gasteiger partial charge in [-0.3, -0.25) is 4.99 Å². The van der Waals surface area contributed by atoms with E-state index < -0.39 is 0 Å². The molecule has 1 aromatic rings. The smallest absolute Gasteiger partial charge is 0.193 e. The van der Waals surface area contributed by atoms with Gasteiger partial charge in [-0.25, -0.2) is 0 Å². The number of hydrogen-bond acceptors (Lipinski definition) is 2. The average Bonchev–Trinajstić information content (AvgIpc) is 3.11. The van der Waals surface area contributed by atoms with Crippen LogP contribution < -0.4 is 15.8 Å². The Kier molecular flexibility index (Phi) is 4.13. The highest BCUT2D eigenvalue weighted by Gasteiger charge is 2.34. The molecule has 1 unspecified atom stereocenters. The topological polar surface area (TPSA) is 59.6 Å². The van der Waals surface area contributed by atoms with Crippen LogP contribution >= 0.6 is 0 Å². The average molecular weight is 285 g/mol. The number of nitrogens with zero attached hydrogens (tertiary/aromatic N) is 1. The number of anilines is 1. The van der Waals surface area contributed by atoms with E-state index >= 15 is 0 Å². The summed E-state index contributed by atoms with van der Waals surface area (Å²) in [7, 11) is 1.66. The highest BCUT2D eigenvalue weighted by atomic mass is 16.5. The Bertz CT molecular complexity index is 535. The van der Waals surface area contributed by atoms with Crippen LogP contribution in [0.5, 0.6) is 5.75 Å². The van der Waals surface area contributed by atoms with Crippen molar-refractivity contribution in [3.05, 3.63) is 36.4 Å². The SMILES string of the molecule is COc1ccc(NC(N)=NCCC2C[C@@H]3C=C[C@H]2C3)cc1. The van der Waals surface area contributed by atoms with E-state index in [1.165, 1.54) is 12.8 Å². The second-order valence-electron chi connectivity index (χ2n) is 5.95. The lowest BCUT2D eigenvalue weighted by Crippen LogP contribution is -2.23. The number of fused-ring (bicyclic) bond motifs is 2. The van der Waals surface area contributed by atoms with Gasteiger partial charge in [-0.15, -0.1) is 0 Å². The minimum absolute atomic E-state index is 0.485. The normalized spacial score (nSPS) is 27.1. The molecule has 0 aliphatic heterocycles. The molecule has 2 aliphatic carbocycles. The van der Waals surface area contributed by atoms with Gasteiger partial charge in [0.2, 0.25) is 0 Å². The molecule has 0 spiro atoms. The maximum Gasteiger partial charge on any atom is 0.193 e. The molecule has 4 heteroatoms. The number of methoxy groups -OCH3 is 1. The molecule has 3 rings (SSSR count). The van der Waals surface area contributed by atoms with E-state index in [0.29, 0.717) is 5.96 Å². The minimum atomic E-state index is 0.485. The lowest BCUT2D eigenvalue weighted by Gasteiger charge is -2.16. The Morgan fingerprint density at radius 3 is 2.71 bits per heavy atom. The van der Waals surface area contributed by atoms with Gasteiger partial charge in [-0.2, -0.15) is 0 Å². The molecule has 3 N–H and O–H groups in total. The molecule has 3 atom stereocenters. The molecule has 1 aromatic carbocycles. The van der Waals surface area contributed by atoms with Crippen LogP contribution in [0.25, 0.3) is 0 Å². The molecule has 0 radical (unpaired) electrons. The van der Waals surface area contributed by atoms with Crippen molar-refractivity contribution in [2.45, 2.75) is 19.3 Å². The number of rotatable bonds is 5. The zero-order chi connectivity index (χ0) is 14.7. The number of allylic oxidation sites excluding steroid dienone is 2. The van der Waals surface area contributed by atoms with E-state index in [4.69, 9.17) is 10.5 Å². The second kappa shape index (κ2) is 6.20. The van der Waals surface area contributed by atoms with Crippen molar-refractivity contribution in [1.29, 1.82) is 0 Å². The van der Waals surface area contributed by atoms with E-state index in [1.807, 2.05) is 24.3 Å². The summed E-state index contributed by atoms with van der Waals surface area (Å²) in [5.41, 5.74) is 6.86. The maximum atomic E-state index is 5.93. The molecule has 2 aliphatic rings. The minimum Gasteiger partial charge on any atom is -0.497 e. The zero-order valence-electron chi connectivity index (χ0n) is 12.5. The molecule has 1 saturated carbocycles. The summed E-state index contributed by atoms with van der Waals surface area (Å²) in [5, 5.41) is 3.11. The first-order valence-electron chi connectivity index (χ1n) is 7.64. The van der Waals surface area contributed by atoms with E-state index in [0.717, 1.165) is 42.2 Å². The molecule has 1 fully saturated rings. The number of nitrogens with one attached hydrogen (secondary N) is 1. The van der Waals surface area contributed by atoms with Crippen molar-refractivity contribution < 1.29 is 4.74 Å². The summed E-state index contributed by atoms with van der Waals surface area (Å²) in [5.74, 6) is 3.75. The van der Waals surface area contributed by atoms with E-state index in [-0.39, 0.29) is 0 Å². The highest BCUT2D eigenvalue weighted by molar-refractivity contribution is 5.92. The fourth-order valence-corrected chi connectivity index (χ4v) is 3.44. The molecule has 0 aromatic heterocycles. The predicted octanol–water partition coefficient (Wildman–Crippen LogP) is 3.02. The highest BCUT2D eigenvalue weighted by Crippen LogP contribution is 2.44. The van der Waals surface area contributed by atoms with Gasteiger partial charge in [-0.1, -0.05) is 12.2 Å². The summed E-state index contributed by atoms with van der Waals surface area (Å²) >= 11 is 0. The van der Waals surface area contributed by atoms with E-state index in [1.54, 1.807) is 7.11 Å². The van der Waals surface area contributed by atoms with Crippen LogP contribution in [-0.2, 0) is 0 Å². The maximum absolute atomic E-state index is 5.93. The summed E-state index contributed by atoms with van der Waals surface area (Å²) in [6.07, 6.45) is 8.60. The third-order valence-electron chi connectivity index (χ3n) is 4.56. The Balaban J connectivity index is 1.46. The lowest BCUT2D eigenvalue weighted by atomic mass is 9.91. The fourth-order valence-electron chi connectivity index (χ4n) is 3.44. The Hall–Kier alpha value is -1.97. The van der Waals surface area contributed by atoms with Gasteiger partial charge in [0.15, 0.2) is 5.96 Å². The standard InChI is InChI=1S/C17H23N3O/c1-21-16-6-4-15(5-7-16)20-17(18)19-9-8-14-11-12-2-3-13(14)10-12/h2-7,12-14H,8-11H2,1H3,(H3,18,19,20)/t12-,13+,14?/m1/s1. The van der Waals surface area contributed by atoms with Crippen LogP contribution in [0.1, 0.15) is 19.3 Å². The summed E-state index contributed by atoms with van der Waals surface area (Å²) < 4.78 is 5.13. The number of guanidine groups is 1. The van der Waals surface area contributed by atoms with Crippen molar-refractivity contribution in [2.24, 2.45) is 28.5 Å². The van der Waals surface area contributed by atoms with Crippen LogP contribution in [0.15, 0.2) is 41.4 Å². The van der Waals surface area contributed by atoms with Crippen LogP contribution in [-0.4, -0.2) is 19.6 Å². The number of nitrogens with two attached hydrogens (primary N) is 1. The zero-order valence-corrected chi connectivity index (χ0v) is 12.5. The van der Waals surface area contributed by atoms with Gasteiger partial charge in [0.1, 0.15) is 5.75 Å². The van der Waals surface area contributed by atoms with E-state index in [2.05, 4.69) is 22.5 Å². The van der Waals surface area contributed by atoms with Gasteiger partial charge < -0.3 is 15.8 Å². The molecule has 2 bridgehead atoms. The second-order valence-corrected chi connectivity index (χ2v) is 5.95. The Labute approximate surface area is 126 Å². The molecule has 112 valence electrons. The summed E-state index contributed by atoms with van der Waals surface area (Å²) in [6.45, 7) is 0.802. The fraction of sp³-hybridized carbons (Fsp3) is 0.471. The number of ether oxygens (including phenoxy) is 1. The van der Waals surface area contributed by atoms with Crippen molar-refractivity contribution in [2.75, 3.05) is 19.0 Å². The summed E-state index contributed by atoms with van der Waals surface area (Å²) in [4.78, 5) is 4.44. The third kappa shape index (κ3) is 3.38. The first kappa shape index (κ1) is 14.0. The third-order valence-corrected chi connectivity index (χ3v) is 4.56. The predicted molar refractivity (Wildman–Crippen MR) is 86.6 cm³/mol. The number of benzene rings is 1. The molecular weight excluding hydrogens is 262 g/mol. The Morgan fingerprint density at radius 1 is 1.29 bits per heavy atom. The van der Waals surface area contributed by atoms with Crippen molar-refractivity contribution in [1.82, 2.24) is 0 Å². The summed E-state index contributed by atoms with van der Waals surface area (Å²) in [6, 6.07) is 7.66. The number of aliphatic imine (C=N–C) groups is 1.